The number of carbonyl (C=O) groups is 1. The normalized spacial score (nSPS) is 19.7. The zero-order valence-corrected chi connectivity index (χ0v) is 16.9. The van der Waals surface area contributed by atoms with Crippen LogP contribution in [0, 0.1) is 24.2 Å². The minimum atomic E-state index is -0.501. The van der Waals surface area contributed by atoms with Crippen LogP contribution in [0.25, 0.3) is 0 Å². The van der Waals surface area contributed by atoms with E-state index in [1.54, 1.807) is 18.3 Å². The second kappa shape index (κ2) is 7.95. The summed E-state index contributed by atoms with van der Waals surface area (Å²) in [4.78, 5) is 21.6. The van der Waals surface area contributed by atoms with Gasteiger partial charge >= 0.3 is 0 Å². The predicted molar refractivity (Wildman–Crippen MR) is 110 cm³/mol. The molecule has 1 fully saturated rings. The van der Waals surface area contributed by atoms with Gasteiger partial charge in [0.05, 0.1) is 28.8 Å². The fourth-order valence-electron chi connectivity index (χ4n) is 3.58. The summed E-state index contributed by atoms with van der Waals surface area (Å²) in [6.45, 7) is 5.02. The highest BCUT2D eigenvalue weighted by molar-refractivity contribution is 5.95. The Morgan fingerprint density at radius 3 is 2.87 bits per heavy atom. The maximum Gasteiger partial charge on any atom is 0.229 e. The minimum absolute atomic E-state index is 0.137. The quantitative estimate of drug-likeness (QED) is 0.651. The number of ether oxygens (including phenoxy) is 1. The minimum Gasteiger partial charge on any atom is -0.489 e. The molecule has 0 spiro atoms. The third-order valence-corrected chi connectivity index (χ3v) is 5.42. The average Bonchev–Trinajstić information content (AvgIpc) is 3.42. The summed E-state index contributed by atoms with van der Waals surface area (Å²) in [5.41, 5.74) is 1.59. The van der Waals surface area contributed by atoms with Crippen LogP contribution in [0.5, 0.6) is 5.75 Å². The van der Waals surface area contributed by atoms with E-state index in [9.17, 15) is 4.79 Å². The lowest BCUT2D eigenvalue weighted by Gasteiger charge is -2.17. The van der Waals surface area contributed by atoms with Gasteiger partial charge in [-0.2, -0.15) is 10.4 Å². The Morgan fingerprint density at radius 1 is 1.37 bits per heavy atom. The Labute approximate surface area is 174 Å². The van der Waals surface area contributed by atoms with Gasteiger partial charge in [-0.1, -0.05) is 6.07 Å². The van der Waals surface area contributed by atoms with Gasteiger partial charge in [-0.05, 0) is 44.5 Å². The van der Waals surface area contributed by atoms with E-state index >= 15 is 0 Å². The summed E-state index contributed by atoms with van der Waals surface area (Å²) in [6, 6.07) is 11.0. The van der Waals surface area contributed by atoms with Crippen LogP contribution < -0.4 is 10.1 Å². The van der Waals surface area contributed by atoms with E-state index in [0.29, 0.717) is 30.2 Å². The molecule has 1 aliphatic rings. The predicted octanol–water partition coefficient (Wildman–Crippen LogP) is 2.85. The molecule has 8 nitrogen and oxygen atoms in total. The van der Waals surface area contributed by atoms with Crippen molar-refractivity contribution in [2.75, 3.05) is 11.9 Å². The number of amides is 1. The number of pyridine rings is 2. The van der Waals surface area contributed by atoms with E-state index in [2.05, 4.69) is 20.4 Å². The van der Waals surface area contributed by atoms with E-state index in [1.807, 2.05) is 49.0 Å². The molecule has 3 aromatic rings. The monoisotopic (exact) mass is 402 g/mol. The topological polar surface area (TPSA) is 106 Å². The first-order valence-electron chi connectivity index (χ1n) is 9.81. The Kier molecular flexibility index (Phi) is 5.19. The number of aromatic nitrogens is 4. The fourth-order valence-corrected chi connectivity index (χ4v) is 3.58. The van der Waals surface area contributed by atoms with E-state index < -0.39 is 5.41 Å². The van der Waals surface area contributed by atoms with Gasteiger partial charge in [0.15, 0.2) is 5.75 Å². The Bertz CT molecular complexity index is 1090. The van der Waals surface area contributed by atoms with Crippen molar-refractivity contribution in [2.24, 2.45) is 5.92 Å². The molecule has 0 aliphatic heterocycles. The smallest absolute Gasteiger partial charge is 0.229 e. The lowest BCUT2D eigenvalue weighted by molar-refractivity contribution is -0.117. The first kappa shape index (κ1) is 19.6. The van der Waals surface area contributed by atoms with Crippen LogP contribution in [0.2, 0.25) is 0 Å². The fraction of sp³-hybridized carbons (Fsp3) is 0.318. The highest BCUT2D eigenvalue weighted by atomic mass is 16.5. The molecule has 3 heterocycles. The van der Waals surface area contributed by atoms with Crippen molar-refractivity contribution in [1.29, 1.82) is 5.26 Å². The van der Waals surface area contributed by atoms with Crippen LogP contribution >= 0.6 is 0 Å². The number of nitriles is 1. The standard InChI is InChI=1S/C22H22N6O2/c1-3-28-13-18(15(2)27-28)30-14-22(19-6-4-5-9-24-19)10-17(22)21(29)26-20-8-7-16(11-23)12-25-20/h4-9,12-13,17H,3,10,14H2,1-2H3,(H,25,26,29)/t17-,22-/m0/s1. The summed E-state index contributed by atoms with van der Waals surface area (Å²) >= 11 is 0. The van der Waals surface area contributed by atoms with Crippen LogP contribution in [-0.2, 0) is 16.8 Å². The van der Waals surface area contributed by atoms with E-state index in [-0.39, 0.29) is 11.8 Å². The van der Waals surface area contributed by atoms with Gasteiger partial charge in [0.1, 0.15) is 24.2 Å². The van der Waals surface area contributed by atoms with Crippen molar-refractivity contribution in [3.05, 3.63) is 65.9 Å². The molecule has 152 valence electrons. The molecule has 0 aromatic carbocycles. The molecule has 0 bridgehead atoms. The van der Waals surface area contributed by atoms with Crippen molar-refractivity contribution in [2.45, 2.75) is 32.2 Å². The number of carbonyl (C=O) groups excluding carboxylic acids is 1. The molecule has 1 saturated carbocycles. The molecule has 0 unspecified atom stereocenters. The van der Waals surface area contributed by atoms with Crippen molar-refractivity contribution >= 4 is 11.7 Å². The first-order valence-corrected chi connectivity index (χ1v) is 9.81. The van der Waals surface area contributed by atoms with Crippen molar-refractivity contribution in [3.63, 3.8) is 0 Å². The molecular weight excluding hydrogens is 380 g/mol. The van der Waals surface area contributed by atoms with Crippen LogP contribution in [0.1, 0.15) is 30.3 Å². The van der Waals surface area contributed by atoms with Gasteiger partial charge in [0, 0.05) is 18.9 Å². The Morgan fingerprint density at radius 2 is 2.23 bits per heavy atom. The average molecular weight is 402 g/mol. The second-order valence-corrected chi connectivity index (χ2v) is 7.38. The first-order chi connectivity index (χ1) is 14.6. The molecule has 1 aliphatic carbocycles. The van der Waals surface area contributed by atoms with Gasteiger partial charge in [0.25, 0.3) is 0 Å². The van der Waals surface area contributed by atoms with E-state index in [4.69, 9.17) is 10.00 Å². The largest absolute Gasteiger partial charge is 0.489 e. The summed E-state index contributed by atoms with van der Waals surface area (Å²) in [5, 5.41) is 16.1. The van der Waals surface area contributed by atoms with Crippen molar-refractivity contribution < 1.29 is 9.53 Å². The van der Waals surface area contributed by atoms with E-state index in [1.165, 1.54) is 6.20 Å². The SMILES string of the molecule is CCn1cc(OC[C@@]2(c3ccccn3)C[C@H]2C(=O)Nc2ccc(C#N)cn2)c(C)n1. The molecule has 2 atom stereocenters. The summed E-state index contributed by atoms with van der Waals surface area (Å²) in [5.74, 6) is 0.711. The summed E-state index contributed by atoms with van der Waals surface area (Å²) < 4.78 is 7.93. The molecular formula is C22H22N6O2. The molecule has 30 heavy (non-hydrogen) atoms. The molecule has 0 radical (unpaired) electrons. The summed E-state index contributed by atoms with van der Waals surface area (Å²) in [6.07, 6.45) is 5.67. The number of nitrogens with one attached hydrogen (secondary N) is 1. The van der Waals surface area contributed by atoms with Gasteiger partial charge in [-0.25, -0.2) is 4.98 Å². The van der Waals surface area contributed by atoms with Crippen LogP contribution in [0.15, 0.2) is 48.9 Å². The molecule has 8 heteroatoms. The zero-order valence-electron chi connectivity index (χ0n) is 16.9. The molecule has 3 aromatic heterocycles. The number of rotatable bonds is 7. The number of hydrogen-bond donors (Lipinski definition) is 1. The number of anilines is 1. The van der Waals surface area contributed by atoms with Crippen LogP contribution in [0.3, 0.4) is 0 Å². The summed E-state index contributed by atoms with van der Waals surface area (Å²) in [7, 11) is 0. The second-order valence-electron chi connectivity index (χ2n) is 7.38. The van der Waals surface area contributed by atoms with E-state index in [0.717, 1.165) is 17.9 Å². The molecule has 1 N–H and O–H groups in total. The van der Waals surface area contributed by atoms with Crippen LogP contribution in [-0.4, -0.2) is 32.3 Å². The molecule has 1 amide bonds. The maximum atomic E-state index is 12.9. The highest BCUT2D eigenvalue weighted by Crippen LogP contribution is 2.54. The number of aryl methyl sites for hydroxylation is 2. The van der Waals surface area contributed by atoms with Gasteiger partial charge in [0.2, 0.25) is 5.91 Å². The highest BCUT2D eigenvalue weighted by Gasteiger charge is 2.61. The molecule has 0 saturated heterocycles. The lowest BCUT2D eigenvalue weighted by atomic mass is 9.99. The van der Waals surface area contributed by atoms with Crippen LogP contribution in [0.4, 0.5) is 5.82 Å². The maximum absolute atomic E-state index is 12.9. The lowest BCUT2D eigenvalue weighted by Crippen LogP contribution is -2.27. The third kappa shape index (κ3) is 3.74. The number of nitrogens with zero attached hydrogens (tertiary/aromatic N) is 5. The zero-order chi connectivity index (χ0) is 21.1. The van der Waals surface area contributed by atoms with Gasteiger partial charge in [-0.15, -0.1) is 0 Å². The Balaban J connectivity index is 1.52. The van der Waals surface area contributed by atoms with Gasteiger partial charge in [-0.3, -0.25) is 14.5 Å². The molecule has 4 rings (SSSR count). The van der Waals surface area contributed by atoms with Crippen molar-refractivity contribution in [1.82, 2.24) is 19.7 Å². The van der Waals surface area contributed by atoms with Gasteiger partial charge < -0.3 is 10.1 Å². The third-order valence-electron chi connectivity index (χ3n) is 5.42. The Hall–Kier alpha value is -3.73. The number of hydrogen-bond acceptors (Lipinski definition) is 6. The van der Waals surface area contributed by atoms with Crippen molar-refractivity contribution in [3.8, 4) is 11.8 Å².